The summed E-state index contributed by atoms with van der Waals surface area (Å²) in [6, 6.07) is 0.0249. The Morgan fingerprint density at radius 3 is 2.70 bits per heavy atom. The molecule has 0 aromatic carbocycles. The van der Waals surface area contributed by atoms with Crippen LogP contribution in [0.3, 0.4) is 0 Å². The van der Waals surface area contributed by atoms with Crippen LogP contribution in [0.15, 0.2) is 22.0 Å². The predicted octanol–water partition coefficient (Wildman–Crippen LogP) is 1.36. The van der Waals surface area contributed by atoms with E-state index in [1.807, 2.05) is 6.92 Å². The largest absolute Gasteiger partial charge is 0.479 e. The third-order valence-electron chi connectivity index (χ3n) is 1.17. The Bertz CT molecular complexity index is 208. The Labute approximate surface area is 58.3 Å². The molecule has 0 aromatic heterocycles. The molecule has 0 aromatic rings. The standard InChI is InChI=1S/C6H7N2O2/c1-2-4-3-5(6(9)10)8-7-4/h3H,2H2,1H3,(H,9,10). The molecule has 0 spiro atoms. The first-order chi connectivity index (χ1) is 4.74. The summed E-state index contributed by atoms with van der Waals surface area (Å²) in [6.07, 6.45) is 2.20. The fourth-order valence-corrected chi connectivity index (χ4v) is 0.611. The zero-order valence-electron chi connectivity index (χ0n) is 5.53. The average Bonchev–Trinajstić information content (AvgIpc) is 2.34. The molecule has 0 aliphatic carbocycles. The minimum atomic E-state index is -1.02. The molecular formula is C6H7N2O2. The fraction of sp³-hybridized carbons (Fsp3) is 0.333. The van der Waals surface area contributed by atoms with Crippen LogP contribution in [0, 0.1) is 6.04 Å². The van der Waals surface area contributed by atoms with Crippen LogP contribution in [-0.4, -0.2) is 11.1 Å². The molecule has 4 heteroatoms. The van der Waals surface area contributed by atoms with Gasteiger partial charge < -0.3 is 5.11 Å². The van der Waals surface area contributed by atoms with Crippen LogP contribution in [-0.2, 0) is 4.79 Å². The van der Waals surface area contributed by atoms with E-state index in [0.29, 0.717) is 0 Å². The van der Waals surface area contributed by atoms with Crippen LogP contribution in [0.4, 0.5) is 0 Å². The Hall–Kier alpha value is -1.19. The van der Waals surface area contributed by atoms with Gasteiger partial charge >= 0.3 is 5.97 Å². The number of carbonyl (C=O) groups is 1. The van der Waals surface area contributed by atoms with E-state index in [2.05, 4.69) is 10.2 Å². The maximum atomic E-state index is 10.2. The first kappa shape index (κ1) is 6.92. The van der Waals surface area contributed by atoms with Gasteiger partial charge in [-0.3, -0.25) is 0 Å². The molecule has 1 aliphatic heterocycles. The molecule has 0 amide bonds. The maximum Gasteiger partial charge on any atom is 0.341 e. The van der Waals surface area contributed by atoms with Crippen molar-refractivity contribution in [3.8, 4) is 0 Å². The minimum Gasteiger partial charge on any atom is -0.479 e. The molecule has 10 heavy (non-hydrogen) atoms. The number of allylic oxidation sites excluding steroid dienone is 1. The van der Waals surface area contributed by atoms with Crippen LogP contribution in [0.1, 0.15) is 13.3 Å². The second-order valence-electron chi connectivity index (χ2n) is 1.88. The number of nitrogens with zero attached hydrogens (tertiary/aromatic N) is 2. The van der Waals surface area contributed by atoms with E-state index in [4.69, 9.17) is 5.11 Å². The van der Waals surface area contributed by atoms with Crippen molar-refractivity contribution < 1.29 is 9.90 Å². The highest BCUT2D eigenvalue weighted by molar-refractivity contribution is 5.85. The maximum absolute atomic E-state index is 10.2. The van der Waals surface area contributed by atoms with E-state index in [0.717, 1.165) is 12.1 Å². The number of hydrogen-bond acceptors (Lipinski definition) is 3. The molecule has 1 rings (SSSR count). The van der Waals surface area contributed by atoms with Gasteiger partial charge in [0.25, 0.3) is 0 Å². The second kappa shape index (κ2) is 2.60. The van der Waals surface area contributed by atoms with E-state index in [1.54, 1.807) is 0 Å². The average molecular weight is 139 g/mol. The van der Waals surface area contributed by atoms with Crippen LogP contribution < -0.4 is 0 Å². The topological polar surface area (TPSA) is 62.0 Å². The second-order valence-corrected chi connectivity index (χ2v) is 1.88. The highest BCUT2D eigenvalue weighted by atomic mass is 16.4. The van der Waals surface area contributed by atoms with Gasteiger partial charge in [-0.2, -0.15) is 10.2 Å². The van der Waals surface area contributed by atoms with E-state index in [1.165, 1.54) is 6.08 Å². The number of rotatable bonds is 2. The van der Waals surface area contributed by atoms with Crippen molar-refractivity contribution in [3.05, 3.63) is 17.8 Å². The van der Waals surface area contributed by atoms with Crippen molar-refractivity contribution in [2.45, 2.75) is 13.3 Å². The zero-order chi connectivity index (χ0) is 7.56. The van der Waals surface area contributed by atoms with Crippen LogP contribution in [0.25, 0.3) is 0 Å². The Morgan fingerprint density at radius 2 is 2.40 bits per heavy atom. The molecule has 0 unspecified atom stereocenters. The van der Waals surface area contributed by atoms with Crippen molar-refractivity contribution in [3.63, 3.8) is 0 Å². The molecule has 0 bridgehead atoms. The molecule has 0 atom stereocenters. The highest BCUT2D eigenvalue weighted by Gasteiger charge is 2.20. The summed E-state index contributed by atoms with van der Waals surface area (Å²) < 4.78 is 0. The van der Waals surface area contributed by atoms with Gasteiger partial charge in [0.1, 0.15) is 0 Å². The van der Waals surface area contributed by atoms with E-state index in [9.17, 15) is 4.79 Å². The summed E-state index contributed by atoms with van der Waals surface area (Å²) in [5.41, 5.74) is 0.720. The van der Waals surface area contributed by atoms with Crippen molar-refractivity contribution in [2.75, 3.05) is 0 Å². The normalized spacial score (nSPS) is 17.5. The highest BCUT2D eigenvalue weighted by Crippen LogP contribution is 2.20. The number of aliphatic carboxylic acids is 1. The smallest absolute Gasteiger partial charge is 0.341 e. The first-order valence-corrected chi connectivity index (χ1v) is 2.96. The molecule has 53 valence electrons. The summed E-state index contributed by atoms with van der Waals surface area (Å²) in [5, 5.41) is 15.5. The first-order valence-electron chi connectivity index (χ1n) is 2.96. The molecule has 0 saturated heterocycles. The van der Waals surface area contributed by atoms with Gasteiger partial charge in [0.05, 0.1) is 5.70 Å². The summed E-state index contributed by atoms with van der Waals surface area (Å²) >= 11 is 0. The van der Waals surface area contributed by atoms with Crippen molar-refractivity contribution in [1.82, 2.24) is 0 Å². The van der Waals surface area contributed by atoms with Gasteiger partial charge in [-0.05, 0) is 12.5 Å². The van der Waals surface area contributed by atoms with Gasteiger partial charge in [0.2, 0.25) is 6.04 Å². The third-order valence-corrected chi connectivity index (χ3v) is 1.17. The molecular weight excluding hydrogens is 132 g/mol. The van der Waals surface area contributed by atoms with E-state index >= 15 is 0 Å². The fourth-order valence-electron chi connectivity index (χ4n) is 0.611. The number of carboxylic acid groups (broad SMARTS) is 1. The number of azo groups is 1. The Morgan fingerprint density at radius 1 is 1.70 bits per heavy atom. The lowest BCUT2D eigenvalue weighted by molar-refractivity contribution is -0.134. The van der Waals surface area contributed by atoms with Gasteiger partial charge in [-0.1, -0.05) is 6.92 Å². The summed E-state index contributed by atoms with van der Waals surface area (Å²) in [7, 11) is 0. The van der Waals surface area contributed by atoms with E-state index in [-0.39, 0.29) is 6.04 Å². The SMILES string of the molecule is CCC1=C[C](C(=O)O)N=N1. The van der Waals surface area contributed by atoms with Crippen molar-refractivity contribution in [1.29, 1.82) is 0 Å². The summed E-state index contributed by atoms with van der Waals surface area (Å²) in [5.74, 6) is -1.02. The van der Waals surface area contributed by atoms with Crippen molar-refractivity contribution in [2.24, 2.45) is 10.2 Å². The molecule has 1 heterocycles. The lowest BCUT2D eigenvalue weighted by atomic mass is 10.2. The Balaban J connectivity index is 2.65. The van der Waals surface area contributed by atoms with Gasteiger partial charge in [0.15, 0.2) is 0 Å². The van der Waals surface area contributed by atoms with Crippen LogP contribution in [0.2, 0.25) is 0 Å². The van der Waals surface area contributed by atoms with Crippen LogP contribution >= 0.6 is 0 Å². The van der Waals surface area contributed by atoms with Gasteiger partial charge in [-0.15, -0.1) is 0 Å². The molecule has 0 saturated carbocycles. The van der Waals surface area contributed by atoms with Crippen molar-refractivity contribution >= 4 is 5.97 Å². The number of hydrogen-bond donors (Lipinski definition) is 1. The molecule has 1 N–H and O–H groups in total. The number of carboxylic acids is 1. The lowest BCUT2D eigenvalue weighted by Crippen LogP contribution is -2.02. The predicted molar refractivity (Wildman–Crippen MR) is 34.1 cm³/mol. The van der Waals surface area contributed by atoms with Crippen LogP contribution in [0.5, 0.6) is 0 Å². The quantitative estimate of drug-likeness (QED) is 0.627. The Kier molecular flexibility index (Phi) is 1.80. The molecule has 0 fully saturated rings. The van der Waals surface area contributed by atoms with Gasteiger partial charge in [-0.25, -0.2) is 4.79 Å². The molecule has 4 nitrogen and oxygen atoms in total. The summed E-state index contributed by atoms with van der Waals surface area (Å²) in [6.45, 7) is 1.90. The third kappa shape index (κ3) is 1.21. The molecule has 1 radical (unpaired) electrons. The minimum absolute atomic E-state index is 0.0249. The van der Waals surface area contributed by atoms with E-state index < -0.39 is 5.97 Å². The monoisotopic (exact) mass is 139 g/mol. The van der Waals surface area contributed by atoms with Gasteiger partial charge in [0, 0.05) is 0 Å². The molecule has 1 aliphatic rings. The zero-order valence-corrected chi connectivity index (χ0v) is 5.53. The summed E-state index contributed by atoms with van der Waals surface area (Å²) in [4.78, 5) is 10.2. The lowest BCUT2D eigenvalue weighted by Gasteiger charge is -1.88.